The smallest absolute Gasteiger partial charge is 0.251 e. The van der Waals surface area contributed by atoms with Gasteiger partial charge < -0.3 is 14.5 Å². The Morgan fingerprint density at radius 2 is 1.74 bits per heavy atom. The van der Waals surface area contributed by atoms with Crippen molar-refractivity contribution in [1.82, 2.24) is 19.0 Å². The zero-order chi connectivity index (χ0) is 27.7. The zero-order valence-corrected chi connectivity index (χ0v) is 24.2. The number of ether oxygens (including phenoxy) is 1. The molecule has 13 heteroatoms. The molecule has 3 fully saturated rings. The molecule has 3 aliphatic rings. The van der Waals surface area contributed by atoms with Gasteiger partial charge in [0, 0.05) is 69.7 Å². The first-order chi connectivity index (χ1) is 17.9. The predicted octanol–water partition coefficient (Wildman–Crippen LogP) is 3.35. The summed E-state index contributed by atoms with van der Waals surface area (Å²) in [5.74, 6) is -3.25. The molecule has 3 aliphatic heterocycles. The molecule has 3 heterocycles. The van der Waals surface area contributed by atoms with Gasteiger partial charge in [0.25, 0.3) is 5.92 Å². The van der Waals surface area contributed by atoms with Crippen LogP contribution in [0, 0.1) is 6.92 Å². The molecule has 0 aromatic heterocycles. The van der Waals surface area contributed by atoms with Crippen LogP contribution in [0.25, 0.3) is 0 Å². The quantitative estimate of drug-likeness (QED) is 0.481. The molecule has 8 nitrogen and oxygen atoms in total. The van der Waals surface area contributed by atoms with Crippen molar-refractivity contribution in [3.05, 3.63) is 27.7 Å². The van der Waals surface area contributed by atoms with Gasteiger partial charge in [-0.15, -0.1) is 0 Å². The van der Waals surface area contributed by atoms with E-state index in [1.54, 1.807) is 11.8 Å². The molecule has 0 unspecified atom stereocenters. The Morgan fingerprint density at radius 3 is 2.37 bits per heavy atom. The highest BCUT2D eigenvalue weighted by molar-refractivity contribution is 7.89. The largest absolute Gasteiger partial charge is 0.370 e. The monoisotopic (exact) mass is 596 g/mol. The third-order valence-electron chi connectivity index (χ3n) is 7.81. The maximum absolute atomic E-state index is 14.3. The Morgan fingerprint density at radius 1 is 1.08 bits per heavy atom. The molecule has 0 saturated carbocycles. The van der Waals surface area contributed by atoms with Gasteiger partial charge in [0.1, 0.15) is 11.5 Å². The summed E-state index contributed by atoms with van der Waals surface area (Å²) in [5.41, 5.74) is 0.328. The molecular weight excluding hydrogens is 561 g/mol. The number of likely N-dealkylation sites (tertiary alicyclic amines) is 1. The molecule has 0 aliphatic carbocycles. The van der Waals surface area contributed by atoms with Crippen LogP contribution in [0.3, 0.4) is 0 Å². The van der Waals surface area contributed by atoms with Crippen LogP contribution in [-0.4, -0.2) is 117 Å². The molecule has 3 saturated heterocycles. The second-order valence-corrected chi connectivity index (χ2v) is 13.3. The first-order valence-electron chi connectivity index (χ1n) is 13.0. The van der Waals surface area contributed by atoms with E-state index in [1.165, 1.54) is 12.1 Å². The van der Waals surface area contributed by atoms with Gasteiger partial charge in [-0.25, -0.2) is 17.2 Å². The van der Waals surface area contributed by atoms with E-state index in [0.717, 1.165) is 43.3 Å². The Hall–Kier alpha value is -1.08. The molecule has 0 spiro atoms. The van der Waals surface area contributed by atoms with Crippen LogP contribution in [0.1, 0.15) is 31.2 Å². The van der Waals surface area contributed by atoms with E-state index in [1.807, 2.05) is 0 Å². The molecule has 0 radical (unpaired) electrons. The van der Waals surface area contributed by atoms with Crippen LogP contribution in [0.2, 0.25) is 10.0 Å². The summed E-state index contributed by atoms with van der Waals surface area (Å²) in [6.45, 7) is 5.97. The van der Waals surface area contributed by atoms with Crippen LogP contribution in [-0.2, 0) is 19.6 Å². The van der Waals surface area contributed by atoms with E-state index in [0.29, 0.717) is 24.7 Å². The Labute approximate surface area is 233 Å². The third-order valence-corrected chi connectivity index (χ3v) is 10.6. The highest BCUT2D eigenvalue weighted by Gasteiger charge is 2.46. The average molecular weight is 598 g/mol. The van der Waals surface area contributed by atoms with Gasteiger partial charge in [-0.1, -0.05) is 23.2 Å². The third kappa shape index (κ3) is 6.97. The van der Waals surface area contributed by atoms with Gasteiger partial charge in [0.2, 0.25) is 15.9 Å². The highest BCUT2D eigenvalue weighted by Crippen LogP contribution is 2.38. The molecule has 1 aromatic carbocycles. The first-order valence-corrected chi connectivity index (χ1v) is 15.2. The fourth-order valence-electron chi connectivity index (χ4n) is 5.64. The summed E-state index contributed by atoms with van der Waals surface area (Å²) in [7, 11) is -2.08. The minimum absolute atomic E-state index is 0.0674. The summed E-state index contributed by atoms with van der Waals surface area (Å²) in [6, 6.07) is 2.11. The Kier molecular flexibility index (Phi) is 9.60. The molecule has 0 N–H and O–H groups in total. The van der Waals surface area contributed by atoms with Crippen molar-refractivity contribution in [2.24, 2.45) is 0 Å². The number of amides is 1. The van der Waals surface area contributed by atoms with Crippen molar-refractivity contribution in [3.8, 4) is 0 Å². The fraction of sp³-hybridized carbons (Fsp3) is 0.720. The zero-order valence-electron chi connectivity index (χ0n) is 21.8. The second-order valence-electron chi connectivity index (χ2n) is 10.6. The van der Waals surface area contributed by atoms with Gasteiger partial charge >= 0.3 is 0 Å². The van der Waals surface area contributed by atoms with E-state index in [4.69, 9.17) is 27.9 Å². The summed E-state index contributed by atoms with van der Waals surface area (Å²) in [5, 5.41) is 0.213. The number of hydrogen-bond donors (Lipinski definition) is 0. The number of nitrogens with zero attached hydrogens (tertiary/aromatic N) is 4. The maximum atomic E-state index is 14.3. The fourth-order valence-corrected chi connectivity index (χ4v) is 8.39. The van der Waals surface area contributed by atoms with E-state index >= 15 is 0 Å². The van der Waals surface area contributed by atoms with Gasteiger partial charge in [0.05, 0.1) is 17.7 Å². The van der Waals surface area contributed by atoms with Crippen LogP contribution in [0.4, 0.5) is 8.78 Å². The molecule has 1 atom stereocenters. The molecule has 214 valence electrons. The number of aryl methyl sites for hydroxylation is 1. The van der Waals surface area contributed by atoms with Crippen molar-refractivity contribution in [3.63, 3.8) is 0 Å². The number of hydrogen-bond acceptors (Lipinski definition) is 6. The van der Waals surface area contributed by atoms with Gasteiger partial charge in [-0.2, -0.15) is 4.31 Å². The molecule has 4 rings (SSSR count). The molecule has 1 amide bonds. The number of likely N-dealkylation sites (N-methyl/N-ethyl adjacent to an activating group) is 1. The van der Waals surface area contributed by atoms with Crippen LogP contribution in [0.15, 0.2) is 17.0 Å². The molecule has 38 heavy (non-hydrogen) atoms. The predicted molar refractivity (Wildman–Crippen MR) is 143 cm³/mol. The number of piperazine rings is 1. The Bertz CT molecular complexity index is 1090. The maximum Gasteiger partial charge on any atom is 0.251 e. The minimum Gasteiger partial charge on any atom is -0.370 e. The summed E-state index contributed by atoms with van der Waals surface area (Å²) < 4.78 is 62.2. The van der Waals surface area contributed by atoms with Crippen molar-refractivity contribution in [2.75, 3.05) is 66.1 Å². The molecular formula is C25H36Cl2F2N4O4S. The second kappa shape index (κ2) is 12.2. The van der Waals surface area contributed by atoms with Gasteiger partial charge in [-0.3, -0.25) is 9.69 Å². The molecule has 0 bridgehead atoms. The van der Waals surface area contributed by atoms with Crippen molar-refractivity contribution in [2.45, 2.75) is 55.5 Å². The number of carbonyl (C=O) groups is 1. The van der Waals surface area contributed by atoms with E-state index in [9.17, 15) is 22.0 Å². The van der Waals surface area contributed by atoms with Crippen LogP contribution >= 0.6 is 23.2 Å². The van der Waals surface area contributed by atoms with Crippen molar-refractivity contribution in [1.29, 1.82) is 0 Å². The SMILES string of the molecule is Cc1cc(Cl)cc(Cl)c1S(=O)(=O)N1CCC(F)(F)C[C@H]1COCC(=O)N1CCC(N2CCN(C)CC2)CC1. The van der Waals surface area contributed by atoms with E-state index < -0.39 is 34.8 Å². The lowest BCUT2D eigenvalue weighted by Gasteiger charge is -2.42. The number of halogens is 4. The standard InChI is InChI=1S/C25H36Cl2F2N4O4S/c1-18-13-19(26)14-22(27)24(18)38(35,36)33-8-5-25(28,29)15-21(33)16-37-17-23(34)32-6-3-20(4-7-32)31-11-9-30(2)10-12-31/h13-14,20-21H,3-12,15-17H2,1-2H3/t21-/m0/s1. The summed E-state index contributed by atoms with van der Waals surface area (Å²) in [4.78, 5) is 19.2. The summed E-state index contributed by atoms with van der Waals surface area (Å²) in [6.07, 6.45) is 0.477. The first kappa shape index (κ1) is 29.9. The number of piperidine rings is 2. The lowest BCUT2D eigenvalue weighted by molar-refractivity contribution is -0.139. The van der Waals surface area contributed by atoms with E-state index in [2.05, 4.69) is 16.8 Å². The van der Waals surface area contributed by atoms with Crippen molar-refractivity contribution >= 4 is 39.1 Å². The lowest BCUT2D eigenvalue weighted by atomic mass is 10.0. The summed E-state index contributed by atoms with van der Waals surface area (Å²) >= 11 is 12.2. The number of rotatable bonds is 7. The topological polar surface area (TPSA) is 73.4 Å². The van der Waals surface area contributed by atoms with Crippen molar-refractivity contribution < 1.29 is 26.7 Å². The van der Waals surface area contributed by atoms with Gasteiger partial charge in [-0.05, 0) is 44.5 Å². The van der Waals surface area contributed by atoms with Crippen LogP contribution < -0.4 is 0 Å². The molecule has 1 aromatic rings. The number of benzene rings is 1. The van der Waals surface area contributed by atoms with Crippen LogP contribution in [0.5, 0.6) is 0 Å². The number of carbonyl (C=O) groups excluding carboxylic acids is 1. The minimum atomic E-state index is -4.20. The number of sulfonamides is 1. The normalized spacial score (nSPS) is 24.6. The average Bonchev–Trinajstić information content (AvgIpc) is 2.83. The van der Waals surface area contributed by atoms with Gasteiger partial charge in [0.15, 0.2) is 0 Å². The van der Waals surface area contributed by atoms with E-state index in [-0.39, 0.29) is 40.6 Å². The highest BCUT2D eigenvalue weighted by atomic mass is 35.5. The Balaban J connectivity index is 1.34. The number of alkyl halides is 2. The lowest BCUT2D eigenvalue weighted by Crippen LogP contribution is -2.53.